The molecule has 0 radical (unpaired) electrons. The Morgan fingerprint density at radius 3 is 2.52 bits per heavy atom. The second kappa shape index (κ2) is 8.81. The van der Waals surface area contributed by atoms with Gasteiger partial charge in [0, 0.05) is 19.6 Å². The Hall–Kier alpha value is -1.96. The van der Waals surface area contributed by atoms with E-state index in [1.54, 1.807) is 23.5 Å². The Morgan fingerprint density at radius 2 is 1.83 bits per heavy atom. The fourth-order valence-electron chi connectivity index (χ4n) is 3.76. The summed E-state index contributed by atoms with van der Waals surface area (Å²) in [6, 6.07) is 15.5. The fraction of sp³-hybridized carbons (Fsp3) is 0.409. The minimum absolute atomic E-state index is 0.351. The standard InChI is InChI=1S/C22H27N3O2S2/c1-2-5-17-8-10-19(11-9-17)29(26,27)23-16-18-12-14-25(15-13-18)22-24-20-6-3-4-7-21(20)28-22/h3-4,6-11,18,23H,2,5,12-16H2,1H3. The predicted molar refractivity (Wildman–Crippen MR) is 120 cm³/mol. The van der Waals surface area contributed by atoms with Gasteiger partial charge in [-0.1, -0.05) is 48.9 Å². The maximum Gasteiger partial charge on any atom is 0.240 e. The van der Waals surface area contributed by atoms with Gasteiger partial charge in [-0.2, -0.15) is 0 Å². The van der Waals surface area contributed by atoms with Crippen LogP contribution in [-0.2, 0) is 16.4 Å². The number of piperidine rings is 1. The molecule has 0 saturated carbocycles. The number of thiazole rings is 1. The Bertz CT molecular complexity index is 1020. The third-order valence-electron chi connectivity index (χ3n) is 5.50. The number of hydrogen-bond donors (Lipinski definition) is 1. The maximum absolute atomic E-state index is 12.6. The van der Waals surface area contributed by atoms with Crippen molar-refractivity contribution in [3.8, 4) is 0 Å². The first-order chi connectivity index (χ1) is 14.0. The molecule has 0 unspecified atom stereocenters. The molecule has 1 aromatic heterocycles. The van der Waals surface area contributed by atoms with Gasteiger partial charge < -0.3 is 4.90 Å². The molecule has 1 N–H and O–H groups in total. The van der Waals surface area contributed by atoms with Crippen molar-refractivity contribution >= 4 is 36.7 Å². The molecule has 0 aliphatic carbocycles. The van der Waals surface area contributed by atoms with Crippen LogP contribution in [0.5, 0.6) is 0 Å². The number of aromatic nitrogens is 1. The highest BCUT2D eigenvalue weighted by atomic mass is 32.2. The average Bonchev–Trinajstić information content (AvgIpc) is 3.18. The number of aryl methyl sites for hydroxylation is 1. The van der Waals surface area contributed by atoms with Crippen LogP contribution in [0.2, 0.25) is 0 Å². The molecule has 1 fully saturated rings. The van der Waals surface area contributed by atoms with E-state index in [9.17, 15) is 8.42 Å². The molecule has 2 aromatic carbocycles. The maximum atomic E-state index is 12.6. The third-order valence-corrected chi connectivity index (χ3v) is 8.04. The molecule has 0 amide bonds. The summed E-state index contributed by atoms with van der Waals surface area (Å²) < 4.78 is 29.2. The molecule has 0 atom stereocenters. The molecule has 1 aliphatic heterocycles. The lowest BCUT2D eigenvalue weighted by atomic mass is 9.97. The van der Waals surface area contributed by atoms with Crippen LogP contribution in [-0.4, -0.2) is 33.0 Å². The number of fused-ring (bicyclic) bond motifs is 1. The summed E-state index contributed by atoms with van der Waals surface area (Å²) in [5.74, 6) is 0.356. The van der Waals surface area contributed by atoms with Gasteiger partial charge in [0.25, 0.3) is 0 Å². The van der Waals surface area contributed by atoms with Crippen LogP contribution >= 0.6 is 11.3 Å². The second-order valence-corrected chi connectivity index (χ2v) is 10.4. The van der Waals surface area contributed by atoms with E-state index in [2.05, 4.69) is 22.6 Å². The van der Waals surface area contributed by atoms with Gasteiger partial charge in [0.2, 0.25) is 10.0 Å². The molecular formula is C22H27N3O2S2. The molecule has 1 saturated heterocycles. The van der Waals surface area contributed by atoms with Gasteiger partial charge in [-0.15, -0.1) is 0 Å². The summed E-state index contributed by atoms with van der Waals surface area (Å²) in [6.07, 6.45) is 3.96. The van der Waals surface area contributed by atoms with E-state index in [0.29, 0.717) is 17.4 Å². The van der Waals surface area contributed by atoms with Crippen molar-refractivity contribution in [2.45, 2.75) is 37.5 Å². The third kappa shape index (κ3) is 4.79. The largest absolute Gasteiger partial charge is 0.348 e. The van der Waals surface area contributed by atoms with Crippen molar-refractivity contribution in [1.82, 2.24) is 9.71 Å². The summed E-state index contributed by atoms with van der Waals surface area (Å²) in [5.41, 5.74) is 2.22. The normalized spacial score (nSPS) is 15.8. The molecule has 4 rings (SSSR count). The number of hydrogen-bond acceptors (Lipinski definition) is 5. The van der Waals surface area contributed by atoms with Gasteiger partial charge in [-0.05, 0) is 55.0 Å². The molecule has 0 bridgehead atoms. The number of para-hydroxylation sites is 1. The van der Waals surface area contributed by atoms with E-state index in [-0.39, 0.29) is 0 Å². The van der Waals surface area contributed by atoms with Crippen molar-refractivity contribution in [3.05, 3.63) is 54.1 Å². The van der Waals surface area contributed by atoms with E-state index in [0.717, 1.165) is 49.4 Å². The van der Waals surface area contributed by atoms with Gasteiger partial charge in [0.1, 0.15) is 0 Å². The molecule has 3 aromatic rings. The van der Waals surface area contributed by atoms with E-state index >= 15 is 0 Å². The molecule has 7 heteroatoms. The summed E-state index contributed by atoms with van der Waals surface area (Å²) in [4.78, 5) is 7.41. The molecule has 29 heavy (non-hydrogen) atoms. The molecule has 154 valence electrons. The van der Waals surface area contributed by atoms with Gasteiger partial charge in [0.15, 0.2) is 5.13 Å². The van der Waals surface area contributed by atoms with Crippen LogP contribution in [0.4, 0.5) is 5.13 Å². The van der Waals surface area contributed by atoms with E-state index in [4.69, 9.17) is 4.98 Å². The number of nitrogens with zero attached hydrogens (tertiary/aromatic N) is 2. The summed E-state index contributed by atoms with van der Waals surface area (Å²) in [5, 5.41) is 1.07. The zero-order valence-corrected chi connectivity index (χ0v) is 18.3. The lowest BCUT2D eigenvalue weighted by Crippen LogP contribution is -2.38. The van der Waals surface area contributed by atoms with Crippen molar-refractivity contribution in [1.29, 1.82) is 0 Å². The van der Waals surface area contributed by atoms with Crippen LogP contribution in [0.3, 0.4) is 0 Å². The Kier molecular flexibility index (Phi) is 6.18. The molecule has 2 heterocycles. The molecular weight excluding hydrogens is 402 g/mol. The number of nitrogens with one attached hydrogen (secondary N) is 1. The van der Waals surface area contributed by atoms with E-state index < -0.39 is 10.0 Å². The fourth-order valence-corrected chi connectivity index (χ4v) is 5.89. The van der Waals surface area contributed by atoms with E-state index in [1.807, 2.05) is 30.3 Å². The molecule has 1 aliphatic rings. The lowest BCUT2D eigenvalue weighted by molar-refractivity contribution is 0.402. The first-order valence-electron chi connectivity index (χ1n) is 10.2. The Labute approximate surface area is 176 Å². The second-order valence-electron chi connectivity index (χ2n) is 7.64. The van der Waals surface area contributed by atoms with Crippen LogP contribution in [0.25, 0.3) is 10.2 Å². The van der Waals surface area contributed by atoms with E-state index in [1.165, 1.54) is 10.3 Å². The number of sulfonamides is 1. The number of rotatable bonds is 7. The van der Waals surface area contributed by atoms with Crippen LogP contribution in [0.15, 0.2) is 53.4 Å². The van der Waals surface area contributed by atoms with Gasteiger partial charge in [-0.3, -0.25) is 0 Å². The number of benzene rings is 2. The van der Waals surface area contributed by atoms with Crippen LogP contribution in [0, 0.1) is 5.92 Å². The highest BCUT2D eigenvalue weighted by Gasteiger charge is 2.23. The van der Waals surface area contributed by atoms with Gasteiger partial charge >= 0.3 is 0 Å². The average molecular weight is 430 g/mol. The highest BCUT2D eigenvalue weighted by Crippen LogP contribution is 2.31. The summed E-state index contributed by atoms with van der Waals surface area (Å²) >= 11 is 1.73. The van der Waals surface area contributed by atoms with Crippen LogP contribution in [0.1, 0.15) is 31.7 Å². The van der Waals surface area contributed by atoms with Gasteiger partial charge in [-0.25, -0.2) is 18.1 Å². The first kappa shape index (κ1) is 20.3. The van der Waals surface area contributed by atoms with Crippen molar-refractivity contribution in [2.75, 3.05) is 24.5 Å². The van der Waals surface area contributed by atoms with Crippen molar-refractivity contribution in [2.24, 2.45) is 5.92 Å². The zero-order chi connectivity index (χ0) is 20.3. The smallest absolute Gasteiger partial charge is 0.240 e. The number of anilines is 1. The summed E-state index contributed by atoms with van der Waals surface area (Å²) in [7, 11) is -3.45. The van der Waals surface area contributed by atoms with Crippen molar-refractivity contribution < 1.29 is 8.42 Å². The minimum atomic E-state index is -3.45. The molecule has 5 nitrogen and oxygen atoms in total. The van der Waals surface area contributed by atoms with Crippen LogP contribution < -0.4 is 9.62 Å². The minimum Gasteiger partial charge on any atom is -0.348 e. The Morgan fingerprint density at radius 1 is 1.10 bits per heavy atom. The zero-order valence-electron chi connectivity index (χ0n) is 16.7. The topological polar surface area (TPSA) is 62.3 Å². The first-order valence-corrected chi connectivity index (χ1v) is 12.5. The predicted octanol–water partition coefficient (Wildman–Crippen LogP) is 4.44. The highest BCUT2D eigenvalue weighted by molar-refractivity contribution is 7.89. The van der Waals surface area contributed by atoms with Gasteiger partial charge in [0.05, 0.1) is 15.1 Å². The lowest BCUT2D eigenvalue weighted by Gasteiger charge is -2.31. The summed E-state index contributed by atoms with van der Waals surface area (Å²) in [6.45, 7) is 4.44. The quantitative estimate of drug-likeness (QED) is 0.603. The molecule has 0 spiro atoms. The monoisotopic (exact) mass is 429 g/mol. The van der Waals surface area contributed by atoms with Crippen molar-refractivity contribution in [3.63, 3.8) is 0 Å². The SMILES string of the molecule is CCCc1ccc(S(=O)(=O)NCC2CCN(c3nc4ccccc4s3)CC2)cc1. The Balaban J connectivity index is 1.31.